The van der Waals surface area contributed by atoms with Crippen LogP contribution in [0.1, 0.15) is 5.56 Å². The van der Waals surface area contributed by atoms with Crippen molar-refractivity contribution in [3.8, 4) is 0 Å². The van der Waals surface area contributed by atoms with Gasteiger partial charge in [-0.2, -0.15) is 0 Å². The number of nitrogens with zero attached hydrogens (tertiary/aromatic N) is 1. The molecule has 0 aliphatic rings. The number of rotatable bonds is 3. The summed E-state index contributed by atoms with van der Waals surface area (Å²) in [6.07, 6.45) is 0. The molecule has 78 valence electrons. The van der Waals surface area contributed by atoms with Crippen LogP contribution in [0.2, 0.25) is 14.8 Å². The Labute approximate surface area is 92.0 Å². The van der Waals surface area contributed by atoms with Crippen molar-refractivity contribution in [3.05, 3.63) is 29.8 Å². The monoisotopic (exact) mass is 299 g/mol. The van der Waals surface area contributed by atoms with Crippen LogP contribution in [0.5, 0.6) is 0 Å². The van der Waals surface area contributed by atoms with Crippen LogP contribution in [0.3, 0.4) is 0 Å². The zero-order valence-corrected chi connectivity index (χ0v) is 12.8. The SMILES string of the molecule is CN(C)Cc1cccc[c]1[Sn]([CH3])([CH3])[CH3]. The van der Waals surface area contributed by atoms with E-state index in [-0.39, 0.29) is 0 Å². The molecular formula is C12H21NSn. The molecule has 2 heteroatoms. The topological polar surface area (TPSA) is 3.24 Å². The van der Waals surface area contributed by atoms with Crippen molar-refractivity contribution in [2.45, 2.75) is 21.4 Å². The van der Waals surface area contributed by atoms with Gasteiger partial charge in [0.2, 0.25) is 0 Å². The van der Waals surface area contributed by atoms with E-state index < -0.39 is 18.4 Å². The third kappa shape index (κ3) is 3.28. The fourth-order valence-corrected chi connectivity index (χ4v) is 6.65. The van der Waals surface area contributed by atoms with Crippen LogP contribution in [0, 0.1) is 0 Å². The molecule has 0 saturated heterocycles. The van der Waals surface area contributed by atoms with Gasteiger partial charge in [-0.1, -0.05) is 0 Å². The van der Waals surface area contributed by atoms with Gasteiger partial charge in [-0.05, 0) is 0 Å². The van der Waals surface area contributed by atoms with Gasteiger partial charge < -0.3 is 0 Å². The normalized spacial score (nSPS) is 12.1. The van der Waals surface area contributed by atoms with Crippen LogP contribution >= 0.6 is 0 Å². The predicted molar refractivity (Wildman–Crippen MR) is 66.8 cm³/mol. The molecule has 0 amide bonds. The Morgan fingerprint density at radius 2 is 1.64 bits per heavy atom. The molecule has 1 rings (SSSR count). The van der Waals surface area contributed by atoms with Crippen molar-refractivity contribution >= 4 is 22.0 Å². The molecule has 1 aromatic rings. The molecule has 1 nitrogen and oxygen atoms in total. The Kier molecular flexibility index (Phi) is 4.02. The molecule has 1 aromatic carbocycles. The van der Waals surface area contributed by atoms with E-state index in [4.69, 9.17) is 0 Å². The fraction of sp³-hybridized carbons (Fsp3) is 0.500. The van der Waals surface area contributed by atoms with Crippen molar-refractivity contribution in [1.29, 1.82) is 0 Å². The van der Waals surface area contributed by atoms with E-state index in [0.717, 1.165) is 6.54 Å². The summed E-state index contributed by atoms with van der Waals surface area (Å²) in [6.45, 7) is 1.07. The van der Waals surface area contributed by atoms with E-state index in [1.165, 1.54) is 5.56 Å². The van der Waals surface area contributed by atoms with Gasteiger partial charge in [0.1, 0.15) is 0 Å². The van der Waals surface area contributed by atoms with Gasteiger partial charge in [-0.3, -0.25) is 0 Å². The molecule has 14 heavy (non-hydrogen) atoms. The average Bonchev–Trinajstić information content (AvgIpc) is 2.01. The molecule has 0 fully saturated rings. The second-order valence-electron chi connectivity index (χ2n) is 5.14. The molecule has 0 heterocycles. The molecule has 0 aliphatic carbocycles. The first-order chi connectivity index (χ1) is 6.41. The molecule has 0 aromatic heterocycles. The summed E-state index contributed by atoms with van der Waals surface area (Å²) >= 11 is -1.90. The summed E-state index contributed by atoms with van der Waals surface area (Å²) in [5, 5.41) is 0. The zero-order valence-electron chi connectivity index (χ0n) is 9.96. The first kappa shape index (κ1) is 12.1. The summed E-state index contributed by atoms with van der Waals surface area (Å²) in [4.78, 5) is 9.67. The van der Waals surface area contributed by atoms with Gasteiger partial charge in [0.15, 0.2) is 0 Å². The second kappa shape index (κ2) is 4.67. The van der Waals surface area contributed by atoms with E-state index in [1.807, 2.05) is 0 Å². The van der Waals surface area contributed by atoms with E-state index in [2.05, 4.69) is 58.1 Å². The Morgan fingerprint density at radius 1 is 1.07 bits per heavy atom. The molecule has 0 N–H and O–H groups in total. The van der Waals surface area contributed by atoms with Crippen LogP contribution < -0.4 is 3.58 Å². The number of hydrogen-bond acceptors (Lipinski definition) is 1. The third-order valence-electron chi connectivity index (χ3n) is 2.31. The zero-order chi connectivity index (χ0) is 10.8. The van der Waals surface area contributed by atoms with E-state index >= 15 is 0 Å². The Balaban J connectivity index is 3.04. The number of hydrogen-bond donors (Lipinski definition) is 0. The first-order valence-corrected chi connectivity index (χ1v) is 15.1. The minimum absolute atomic E-state index is 1.07. The predicted octanol–water partition coefficient (Wildman–Crippen LogP) is 2.29. The van der Waals surface area contributed by atoms with Crippen LogP contribution in [0.4, 0.5) is 0 Å². The Morgan fingerprint density at radius 3 is 2.14 bits per heavy atom. The van der Waals surface area contributed by atoms with Crippen molar-refractivity contribution in [3.63, 3.8) is 0 Å². The van der Waals surface area contributed by atoms with Gasteiger partial charge in [0.25, 0.3) is 0 Å². The summed E-state index contributed by atoms with van der Waals surface area (Å²) in [5.41, 5.74) is 1.53. The van der Waals surface area contributed by atoms with E-state index in [1.54, 1.807) is 3.58 Å². The third-order valence-corrected chi connectivity index (χ3v) is 8.32. The van der Waals surface area contributed by atoms with Crippen molar-refractivity contribution < 1.29 is 0 Å². The summed E-state index contributed by atoms with van der Waals surface area (Å²) in [5.74, 6) is 0. The maximum absolute atomic E-state index is 2.48. The fourth-order valence-electron chi connectivity index (χ4n) is 1.73. The van der Waals surface area contributed by atoms with Crippen LogP contribution in [0.25, 0.3) is 0 Å². The molecule has 0 radical (unpaired) electrons. The summed E-state index contributed by atoms with van der Waals surface area (Å²) in [7, 11) is 4.27. The maximum atomic E-state index is 2.48. The first-order valence-electron chi connectivity index (χ1n) is 5.14. The van der Waals surface area contributed by atoms with Crippen molar-refractivity contribution in [2.24, 2.45) is 0 Å². The quantitative estimate of drug-likeness (QED) is 0.774. The molecule has 0 aliphatic heterocycles. The molecular weight excluding hydrogens is 277 g/mol. The Hall–Kier alpha value is -0.0213. The van der Waals surface area contributed by atoms with Gasteiger partial charge in [0.05, 0.1) is 0 Å². The molecule has 0 saturated carbocycles. The number of benzene rings is 1. The summed E-state index contributed by atoms with van der Waals surface area (Å²) < 4.78 is 1.66. The van der Waals surface area contributed by atoms with Crippen molar-refractivity contribution in [2.75, 3.05) is 14.1 Å². The standard InChI is InChI=1S/C9H12N.3CH3.Sn/c1-10(2)8-9-6-4-3-5-7-9;;;;/h3-6H,8H2,1-2H3;3*1H3;. The molecule has 0 spiro atoms. The van der Waals surface area contributed by atoms with Crippen LogP contribution in [0.15, 0.2) is 24.3 Å². The molecule has 0 bridgehead atoms. The van der Waals surface area contributed by atoms with E-state index in [0.29, 0.717) is 0 Å². The van der Waals surface area contributed by atoms with Gasteiger partial charge >= 0.3 is 92.1 Å². The van der Waals surface area contributed by atoms with Crippen LogP contribution in [-0.4, -0.2) is 37.4 Å². The Bertz CT molecular complexity index is 299. The molecule has 0 unspecified atom stereocenters. The van der Waals surface area contributed by atoms with Gasteiger partial charge in [-0.25, -0.2) is 0 Å². The summed E-state index contributed by atoms with van der Waals surface area (Å²) in [6, 6.07) is 8.93. The van der Waals surface area contributed by atoms with Crippen LogP contribution in [-0.2, 0) is 6.54 Å². The molecule has 0 atom stereocenters. The average molecular weight is 298 g/mol. The minimum atomic E-state index is -1.90. The van der Waals surface area contributed by atoms with Gasteiger partial charge in [0, 0.05) is 0 Å². The van der Waals surface area contributed by atoms with Crippen molar-refractivity contribution in [1.82, 2.24) is 4.90 Å². The van der Waals surface area contributed by atoms with Gasteiger partial charge in [-0.15, -0.1) is 0 Å². The van der Waals surface area contributed by atoms with E-state index in [9.17, 15) is 0 Å². The second-order valence-corrected chi connectivity index (χ2v) is 19.5.